The molecule has 0 atom stereocenters. The van der Waals surface area contributed by atoms with Crippen LogP contribution in [0.2, 0.25) is 0 Å². The molecule has 0 aliphatic rings. The summed E-state index contributed by atoms with van der Waals surface area (Å²) in [6.45, 7) is 1.92. The van der Waals surface area contributed by atoms with Crippen LogP contribution in [0.4, 0.5) is 17.1 Å². The second-order valence-corrected chi connectivity index (χ2v) is 3.89. The number of anilines is 3. The highest BCUT2D eigenvalue weighted by atomic mass is 14.9. The summed E-state index contributed by atoms with van der Waals surface area (Å²) < 4.78 is 0. The number of nitrogens with one attached hydrogen (secondary N) is 1. The van der Waals surface area contributed by atoms with Gasteiger partial charge in [-0.3, -0.25) is 0 Å². The van der Waals surface area contributed by atoms with Gasteiger partial charge in [-0.2, -0.15) is 5.26 Å². The van der Waals surface area contributed by atoms with Crippen molar-refractivity contribution >= 4 is 17.1 Å². The van der Waals surface area contributed by atoms with Crippen molar-refractivity contribution in [3.05, 3.63) is 53.6 Å². The lowest BCUT2D eigenvalue weighted by molar-refractivity contribution is 1.39. The Labute approximate surface area is 101 Å². The fourth-order valence-corrected chi connectivity index (χ4v) is 1.60. The van der Waals surface area contributed by atoms with E-state index >= 15 is 0 Å². The van der Waals surface area contributed by atoms with Gasteiger partial charge >= 0.3 is 0 Å². The van der Waals surface area contributed by atoms with Crippen molar-refractivity contribution in [1.82, 2.24) is 0 Å². The van der Waals surface area contributed by atoms with Gasteiger partial charge in [-0.25, -0.2) is 0 Å². The van der Waals surface area contributed by atoms with Gasteiger partial charge in [0.15, 0.2) is 0 Å². The third-order valence-corrected chi connectivity index (χ3v) is 2.55. The van der Waals surface area contributed by atoms with Crippen molar-refractivity contribution in [3.8, 4) is 6.07 Å². The molecule has 0 aliphatic heterocycles. The molecule has 0 aliphatic carbocycles. The molecule has 17 heavy (non-hydrogen) atoms. The third kappa shape index (κ3) is 2.56. The number of rotatable bonds is 2. The maximum atomic E-state index is 8.85. The van der Waals surface area contributed by atoms with Crippen LogP contribution in [0.25, 0.3) is 0 Å². The Morgan fingerprint density at radius 3 is 2.29 bits per heavy atom. The van der Waals surface area contributed by atoms with Crippen LogP contribution in [0.5, 0.6) is 0 Å². The summed E-state index contributed by atoms with van der Waals surface area (Å²) in [4.78, 5) is 0. The Morgan fingerprint density at radius 2 is 1.71 bits per heavy atom. The van der Waals surface area contributed by atoms with Crippen LogP contribution >= 0.6 is 0 Å². The Balaban J connectivity index is 2.22. The number of nitrogens with zero attached hydrogens (tertiary/aromatic N) is 1. The normalized spacial score (nSPS) is 9.65. The minimum absolute atomic E-state index is 0.702. The molecule has 3 nitrogen and oxygen atoms in total. The molecule has 0 saturated carbocycles. The van der Waals surface area contributed by atoms with Gasteiger partial charge in [0.1, 0.15) is 0 Å². The summed E-state index contributed by atoms with van der Waals surface area (Å²) in [7, 11) is 0. The van der Waals surface area contributed by atoms with Crippen LogP contribution in [0.15, 0.2) is 42.5 Å². The molecule has 0 aromatic heterocycles. The van der Waals surface area contributed by atoms with E-state index in [0.29, 0.717) is 5.56 Å². The molecule has 0 saturated heterocycles. The SMILES string of the molecule is Cc1cc(Nc2ccc(N)cc2)ccc1C#N. The molecule has 0 spiro atoms. The summed E-state index contributed by atoms with van der Waals surface area (Å²) in [5.41, 5.74) is 9.97. The van der Waals surface area contributed by atoms with E-state index in [1.165, 1.54) is 0 Å². The van der Waals surface area contributed by atoms with Crippen LogP contribution in [0, 0.1) is 18.3 Å². The molecule has 3 N–H and O–H groups in total. The van der Waals surface area contributed by atoms with Crippen molar-refractivity contribution in [2.75, 3.05) is 11.1 Å². The molecular formula is C14H13N3. The number of nitriles is 1. The highest BCUT2D eigenvalue weighted by Crippen LogP contribution is 2.20. The van der Waals surface area contributed by atoms with Crippen molar-refractivity contribution < 1.29 is 0 Å². The molecule has 0 radical (unpaired) electrons. The second-order valence-electron chi connectivity index (χ2n) is 3.89. The first-order valence-corrected chi connectivity index (χ1v) is 5.32. The Bertz CT molecular complexity index is 565. The van der Waals surface area contributed by atoms with Crippen LogP contribution in [0.1, 0.15) is 11.1 Å². The molecular weight excluding hydrogens is 210 g/mol. The first kappa shape index (κ1) is 11.0. The van der Waals surface area contributed by atoms with E-state index in [1.807, 2.05) is 49.4 Å². The van der Waals surface area contributed by atoms with Gasteiger partial charge in [0.2, 0.25) is 0 Å². The lowest BCUT2D eigenvalue weighted by Crippen LogP contribution is -1.92. The van der Waals surface area contributed by atoms with Gasteiger partial charge < -0.3 is 11.1 Å². The Kier molecular flexibility index (Phi) is 2.97. The van der Waals surface area contributed by atoms with Crippen molar-refractivity contribution in [1.29, 1.82) is 5.26 Å². The summed E-state index contributed by atoms with van der Waals surface area (Å²) in [6.07, 6.45) is 0. The number of benzene rings is 2. The zero-order valence-electron chi connectivity index (χ0n) is 9.57. The standard InChI is InChI=1S/C14H13N3/c1-10-8-14(5-2-11(10)9-15)17-13-6-3-12(16)4-7-13/h2-8,17H,16H2,1H3. The van der Waals surface area contributed by atoms with Gasteiger partial charge in [0, 0.05) is 17.1 Å². The maximum Gasteiger partial charge on any atom is 0.0994 e. The average molecular weight is 223 g/mol. The number of nitrogen functional groups attached to an aromatic ring is 1. The lowest BCUT2D eigenvalue weighted by Gasteiger charge is -2.08. The van der Waals surface area contributed by atoms with E-state index in [-0.39, 0.29) is 0 Å². The van der Waals surface area contributed by atoms with Gasteiger partial charge in [0.25, 0.3) is 0 Å². The lowest BCUT2D eigenvalue weighted by atomic mass is 10.1. The molecule has 0 fully saturated rings. The van der Waals surface area contributed by atoms with Crippen molar-refractivity contribution in [2.24, 2.45) is 0 Å². The largest absolute Gasteiger partial charge is 0.399 e. The number of hydrogen-bond donors (Lipinski definition) is 2. The smallest absolute Gasteiger partial charge is 0.0994 e. The van der Waals surface area contributed by atoms with E-state index in [0.717, 1.165) is 22.6 Å². The number of nitrogens with two attached hydrogens (primary N) is 1. The third-order valence-electron chi connectivity index (χ3n) is 2.55. The first-order valence-electron chi connectivity index (χ1n) is 5.32. The van der Waals surface area contributed by atoms with Crippen molar-refractivity contribution in [2.45, 2.75) is 6.92 Å². The molecule has 0 amide bonds. The quantitative estimate of drug-likeness (QED) is 0.768. The van der Waals surface area contributed by atoms with Gasteiger partial charge in [-0.05, 0) is 55.0 Å². The van der Waals surface area contributed by atoms with E-state index < -0.39 is 0 Å². The molecule has 2 aromatic carbocycles. The van der Waals surface area contributed by atoms with Crippen LogP contribution in [0.3, 0.4) is 0 Å². The van der Waals surface area contributed by atoms with E-state index in [2.05, 4.69) is 11.4 Å². The molecule has 3 heteroatoms. The maximum absolute atomic E-state index is 8.85. The first-order chi connectivity index (χ1) is 8.19. The second kappa shape index (κ2) is 4.58. The van der Waals surface area contributed by atoms with Gasteiger partial charge in [-0.1, -0.05) is 0 Å². The molecule has 0 unspecified atom stereocenters. The van der Waals surface area contributed by atoms with Gasteiger partial charge in [0.05, 0.1) is 11.6 Å². The van der Waals surface area contributed by atoms with Crippen LogP contribution < -0.4 is 11.1 Å². The number of aryl methyl sites for hydroxylation is 1. The zero-order valence-corrected chi connectivity index (χ0v) is 9.57. The Morgan fingerprint density at radius 1 is 1.06 bits per heavy atom. The Hall–Kier alpha value is -2.47. The van der Waals surface area contributed by atoms with E-state index in [1.54, 1.807) is 0 Å². The monoisotopic (exact) mass is 223 g/mol. The summed E-state index contributed by atoms with van der Waals surface area (Å²) in [5, 5.41) is 12.1. The number of hydrogen-bond acceptors (Lipinski definition) is 3. The highest BCUT2D eigenvalue weighted by Gasteiger charge is 1.99. The predicted molar refractivity (Wildman–Crippen MR) is 70.0 cm³/mol. The van der Waals surface area contributed by atoms with E-state index in [4.69, 9.17) is 11.0 Å². The molecule has 2 rings (SSSR count). The average Bonchev–Trinajstić information content (AvgIpc) is 2.32. The summed E-state index contributed by atoms with van der Waals surface area (Å²) in [6, 6.07) is 15.3. The fraction of sp³-hybridized carbons (Fsp3) is 0.0714. The van der Waals surface area contributed by atoms with Crippen molar-refractivity contribution in [3.63, 3.8) is 0 Å². The predicted octanol–water partition coefficient (Wildman–Crippen LogP) is 3.19. The minimum Gasteiger partial charge on any atom is -0.399 e. The summed E-state index contributed by atoms with van der Waals surface area (Å²) in [5.74, 6) is 0. The topological polar surface area (TPSA) is 61.8 Å². The minimum atomic E-state index is 0.702. The van der Waals surface area contributed by atoms with E-state index in [9.17, 15) is 0 Å². The highest BCUT2D eigenvalue weighted by molar-refractivity contribution is 5.63. The fourth-order valence-electron chi connectivity index (χ4n) is 1.60. The van der Waals surface area contributed by atoms with Gasteiger partial charge in [-0.15, -0.1) is 0 Å². The molecule has 84 valence electrons. The molecule has 2 aromatic rings. The summed E-state index contributed by atoms with van der Waals surface area (Å²) >= 11 is 0. The van der Waals surface area contributed by atoms with Crippen LogP contribution in [-0.4, -0.2) is 0 Å². The molecule has 0 bridgehead atoms. The zero-order chi connectivity index (χ0) is 12.3. The van der Waals surface area contributed by atoms with Crippen LogP contribution in [-0.2, 0) is 0 Å². The molecule has 0 heterocycles.